The van der Waals surface area contributed by atoms with E-state index >= 15 is 0 Å². The van der Waals surface area contributed by atoms with E-state index in [9.17, 15) is 4.79 Å². The van der Waals surface area contributed by atoms with Crippen LogP contribution in [0.15, 0.2) is 59.8 Å². The van der Waals surface area contributed by atoms with Gasteiger partial charge in [0.15, 0.2) is 6.61 Å². The van der Waals surface area contributed by atoms with Crippen molar-refractivity contribution in [2.45, 2.75) is 24.5 Å². The number of carboxylic acid groups (broad SMARTS) is 1. The zero-order valence-electron chi connectivity index (χ0n) is 14.7. The molecule has 6 heteroatoms. The first kappa shape index (κ1) is 18.1. The van der Waals surface area contributed by atoms with Gasteiger partial charge in [0.25, 0.3) is 0 Å². The summed E-state index contributed by atoms with van der Waals surface area (Å²) in [6.45, 7) is 3.62. The molecule has 0 unspecified atom stereocenters. The highest BCUT2D eigenvalue weighted by Crippen LogP contribution is 2.31. The van der Waals surface area contributed by atoms with Crippen molar-refractivity contribution in [2.75, 3.05) is 6.61 Å². The summed E-state index contributed by atoms with van der Waals surface area (Å²) < 4.78 is 7.16. The van der Waals surface area contributed by atoms with Gasteiger partial charge in [0, 0.05) is 23.0 Å². The lowest BCUT2D eigenvalue weighted by Gasteiger charge is -2.12. The fraction of sp³-hybridized carbons (Fsp3) is 0.200. The summed E-state index contributed by atoms with van der Waals surface area (Å²) in [4.78, 5) is 11.8. The van der Waals surface area contributed by atoms with Crippen LogP contribution >= 0.6 is 11.8 Å². The molecular weight excluding hydrogens is 348 g/mol. The van der Waals surface area contributed by atoms with Crippen LogP contribution in [0.1, 0.15) is 16.7 Å². The van der Waals surface area contributed by atoms with Crippen LogP contribution in [0.25, 0.3) is 5.69 Å². The number of hydrogen-bond donors (Lipinski definition) is 1. The molecule has 26 heavy (non-hydrogen) atoms. The van der Waals surface area contributed by atoms with Gasteiger partial charge in [-0.25, -0.2) is 9.48 Å². The molecule has 3 aromatic rings. The Kier molecular flexibility index (Phi) is 5.63. The molecule has 0 aliphatic carbocycles. The Hall–Kier alpha value is -2.73. The second kappa shape index (κ2) is 8.10. The summed E-state index contributed by atoms with van der Waals surface area (Å²) in [5, 5.41) is 13.0. The van der Waals surface area contributed by atoms with Gasteiger partial charge in [0.2, 0.25) is 0 Å². The third-order valence-electron chi connectivity index (χ3n) is 3.92. The third-order valence-corrected chi connectivity index (χ3v) is 5.15. The molecule has 1 N–H and O–H groups in total. The number of ether oxygens (including phenoxy) is 1. The molecule has 0 aliphatic heterocycles. The van der Waals surface area contributed by atoms with E-state index in [0.29, 0.717) is 5.75 Å². The van der Waals surface area contributed by atoms with E-state index in [1.165, 1.54) is 10.5 Å². The van der Waals surface area contributed by atoms with Gasteiger partial charge in [0.1, 0.15) is 5.75 Å². The van der Waals surface area contributed by atoms with Crippen molar-refractivity contribution in [1.82, 2.24) is 9.78 Å². The maximum atomic E-state index is 10.7. The normalized spacial score (nSPS) is 10.7. The molecule has 0 saturated carbocycles. The van der Waals surface area contributed by atoms with E-state index in [4.69, 9.17) is 9.84 Å². The smallest absolute Gasteiger partial charge is 0.341 e. The van der Waals surface area contributed by atoms with Crippen molar-refractivity contribution < 1.29 is 14.6 Å². The second-order valence-corrected chi connectivity index (χ2v) is 6.99. The topological polar surface area (TPSA) is 64.4 Å². The van der Waals surface area contributed by atoms with E-state index < -0.39 is 5.97 Å². The highest BCUT2D eigenvalue weighted by molar-refractivity contribution is 7.98. The number of aryl methyl sites for hydroxylation is 2. The predicted molar refractivity (Wildman–Crippen MR) is 102 cm³/mol. The Labute approximate surface area is 156 Å². The molecule has 134 valence electrons. The van der Waals surface area contributed by atoms with Gasteiger partial charge in [-0.2, -0.15) is 5.10 Å². The van der Waals surface area contributed by atoms with Gasteiger partial charge < -0.3 is 9.84 Å². The third kappa shape index (κ3) is 4.46. The standard InChI is InChI=1S/C20H20N2O3S/c1-14-11-19(15(2)10-18(14)25-12-20(23)24)26-13-16-4-6-17(7-5-16)22-9-3-8-21-22/h3-11H,12-13H2,1-2H3,(H,23,24). The largest absolute Gasteiger partial charge is 0.482 e. The Morgan fingerprint density at radius 1 is 1.19 bits per heavy atom. The lowest BCUT2D eigenvalue weighted by molar-refractivity contribution is -0.139. The summed E-state index contributed by atoms with van der Waals surface area (Å²) in [7, 11) is 0. The van der Waals surface area contributed by atoms with E-state index in [0.717, 1.165) is 22.6 Å². The van der Waals surface area contributed by atoms with Crippen molar-refractivity contribution in [2.24, 2.45) is 0 Å². The molecule has 0 aliphatic rings. The van der Waals surface area contributed by atoms with Crippen LogP contribution in [-0.2, 0) is 10.5 Å². The molecule has 0 atom stereocenters. The molecule has 3 rings (SSSR count). The van der Waals surface area contributed by atoms with Gasteiger partial charge in [-0.1, -0.05) is 12.1 Å². The van der Waals surface area contributed by atoms with Crippen LogP contribution in [0, 0.1) is 13.8 Å². The zero-order valence-corrected chi connectivity index (χ0v) is 15.5. The average Bonchev–Trinajstić information content (AvgIpc) is 3.16. The minimum atomic E-state index is -0.973. The fourth-order valence-electron chi connectivity index (χ4n) is 2.54. The minimum Gasteiger partial charge on any atom is -0.482 e. The number of nitrogens with zero attached hydrogens (tertiary/aromatic N) is 2. The molecule has 0 saturated heterocycles. The van der Waals surface area contributed by atoms with Crippen molar-refractivity contribution in [1.29, 1.82) is 0 Å². The molecule has 0 fully saturated rings. The average molecular weight is 368 g/mol. The fourth-order valence-corrected chi connectivity index (χ4v) is 3.60. The first-order valence-corrected chi connectivity index (χ1v) is 9.19. The summed E-state index contributed by atoms with van der Waals surface area (Å²) in [5.41, 5.74) is 4.28. The number of thioether (sulfide) groups is 1. The van der Waals surface area contributed by atoms with Crippen molar-refractivity contribution in [3.8, 4) is 11.4 Å². The first-order valence-electron chi connectivity index (χ1n) is 8.20. The van der Waals surface area contributed by atoms with Crippen LogP contribution in [0.3, 0.4) is 0 Å². The quantitative estimate of drug-likeness (QED) is 0.632. The van der Waals surface area contributed by atoms with Crippen molar-refractivity contribution in [3.05, 3.63) is 71.5 Å². The number of hydrogen-bond acceptors (Lipinski definition) is 4. The molecule has 0 bridgehead atoms. The summed E-state index contributed by atoms with van der Waals surface area (Å²) in [6, 6.07) is 14.2. The number of aromatic nitrogens is 2. The Morgan fingerprint density at radius 2 is 1.96 bits per heavy atom. The second-order valence-electron chi connectivity index (χ2n) is 5.97. The van der Waals surface area contributed by atoms with Gasteiger partial charge in [0.05, 0.1) is 5.69 Å². The van der Waals surface area contributed by atoms with Crippen LogP contribution in [-0.4, -0.2) is 27.5 Å². The molecule has 0 spiro atoms. The highest BCUT2D eigenvalue weighted by Gasteiger charge is 2.08. The van der Waals surface area contributed by atoms with Gasteiger partial charge in [-0.15, -0.1) is 11.8 Å². The summed E-state index contributed by atoms with van der Waals surface area (Å²) >= 11 is 1.76. The Bertz CT molecular complexity index is 890. The van der Waals surface area contributed by atoms with E-state index in [-0.39, 0.29) is 6.61 Å². The zero-order chi connectivity index (χ0) is 18.5. The molecule has 0 amide bonds. The molecule has 2 aromatic carbocycles. The SMILES string of the molecule is Cc1cc(SCc2ccc(-n3cccn3)cc2)c(C)cc1OCC(=O)O. The van der Waals surface area contributed by atoms with Gasteiger partial charge in [-0.05, 0) is 60.9 Å². The number of carbonyl (C=O) groups is 1. The molecule has 0 radical (unpaired) electrons. The predicted octanol–water partition coefficient (Wildman–Crippen LogP) is 4.24. The van der Waals surface area contributed by atoms with Gasteiger partial charge >= 0.3 is 5.97 Å². The van der Waals surface area contributed by atoms with Crippen LogP contribution in [0.4, 0.5) is 0 Å². The maximum Gasteiger partial charge on any atom is 0.341 e. The number of aliphatic carboxylic acids is 1. The number of benzene rings is 2. The maximum absolute atomic E-state index is 10.7. The van der Waals surface area contributed by atoms with Crippen molar-refractivity contribution >= 4 is 17.7 Å². The van der Waals surface area contributed by atoms with Crippen molar-refractivity contribution in [3.63, 3.8) is 0 Å². The number of rotatable bonds is 7. The van der Waals surface area contributed by atoms with E-state index in [2.05, 4.69) is 35.4 Å². The van der Waals surface area contributed by atoms with Gasteiger partial charge in [-0.3, -0.25) is 0 Å². The Balaban J connectivity index is 1.65. The number of carboxylic acids is 1. The van der Waals surface area contributed by atoms with Crippen LogP contribution in [0.2, 0.25) is 0 Å². The highest BCUT2D eigenvalue weighted by atomic mass is 32.2. The summed E-state index contributed by atoms with van der Waals surface area (Å²) in [5.74, 6) is 0.506. The lowest BCUT2D eigenvalue weighted by atomic mass is 10.1. The molecule has 1 aromatic heterocycles. The van der Waals surface area contributed by atoms with E-state index in [1.807, 2.05) is 36.9 Å². The monoisotopic (exact) mass is 368 g/mol. The molecular formula is C20H20N2O3S. The molecule has 5 nitrogen and oxygen atoms in total. The van der Waals surface area contributed by atoms with E-state index in [1.54, 1.807) is 18.0 Å². The summed E-state index contributed by atoms with van der Waals surface area (Å²) in [6.07, 6.45) is 3.68. The lowest BCUT2D eigenvalue weighted by Crippen LogP contribution is -2.10. The van der Waals surface area contributed by atoms with Crippen LogP contribution in [0.5, 0.6) is 5.75 Å². The van der Waals surface area contributed by atoms with Crippen LogP contribution < -0.4 is 4.74 Å². The molecule has 1 heterocycles. The minimum absolute atomic E-state index is 0.324. The Morgan fingerprint density at radius 3 is 2.62 bits per heavy atom. The first-order chi connectivity index (χ1) is 12.5.